The predicted octanol–water partition coefficient (Wildman–Crippen LogP) is 5.05. The maximum Gasteiger partial charge on any atom is 0.573 e. The van der Waals surface area contributed by atoms with Gasteiger partial charge in [0.05, 0.1) is 16.6 Å². The zero-order valence-corrected chi connectivity index (χ0v) is 18.9. The van der Waals surface area contributed by atoms with Crippen LogP contribution in [0.15, 0.2) is 35.2 Å². The van der Waals surface area contributed by atoms with Crippen LogP contribution in [0.1, 0.15) is 69.8 Å². The highest BCUT2D eigenvalue weighted by molar-refractivity contribution is 7.89. The first-order valence-corrected chi connectivity index (χ1v) is 11.8. The van der Waals surface area contributed by atoms with Gasteiger partial charge in [0.25, 0.3) is 0 Å². The van der Waals surface area contributed by atoms with E-state index in [1.807, 2.05) is 4.68 Å². The number of sulfonamides is 1. The predicted molar refractivity (Wildman–Crippen MR) is 111 cm³/mol. The van der Waals surface area contributed by atoms with E-state index in [0.717, 1.165) is 35.7 Å². The fourth-order valence-corrected chi connectivity index (χ4v) is 5.19. The number of nitrogens with zero attached hydrogens (tertiary/aromatic N) is 3. The lowest BCUT2D eigenvalue weighted by atomic mass is 10.0. The third kappa shape index (κ3) is 5.41. The summed E-state index contributed by atoms with van der Waals surface area (Å²) < 4.78 is 70.0. The molecule has 0 spiro atoms. The Balaban J connectivity index is 1.72. The molecule has 2 heterocycles. The maximum absolute atomic E-state index is 12.9. The van der Waals surface area contributed by atoms with Gasteiger partial charge < -0.3 is 4.74 Å². The van der Waals surface area contributed by atoms with Crippen LogP contribution in [0.3, 0.4) is 0 Å². The van der Waals surface area contributed by atoms with Gasteiger partial charge in [-0.25, -0.2) is 8.42 Å². The summed E-state index contributed by atoms with van der Waals surface area (Å²) >= 11 is 0. The highest BCUT2D eigenvalue weighted by atomic mass is 32.2. The van der Waals surface area contributed by atoms with Gasteiger partial charge in [-0.05, 0) is 55.0 Å². The lowest BCUT2D eigenvalue weighted by Gasteiger charge is -2.32. The second-order valence-corrected chi connectivity index (χ2v) is 10.3. The first-order chi connectivity index (χ1) is 14.4. The Morgan fingerprint density at radius 2 is 1.61 bits per heavy atom. The molecular weight excluding hydrogens is 431 g/mol. The average molecular weight is 460 g/mol. The normalized spacial score (nSPS) is 16.9. The first kappa shape index (κ1) is 23.6. The van der Waals surface area contributed by atoms with E-state index in [4.69, 9.17) is 5.10 Å². The van der Waals surface area contributed by atoms with Crippen molar-refractivity contribution in [1.29, 1.82) is 0 Å². The third-order valence-corrected chi connectivity index (χ3v) is 7.34. The highest BCUT2D eigenvalue weighted by Gasteiger charge is 2.33. The number of rotatable bonds is 6. The molecule has 3 rings (SSSR count). The summed E-state index contributed by atoms with van der Waals surface area (Å²) in [5.74, 6) is 0.161. The molecule has 2 aromatic rings. The molecule has 1 fully saturated rings. The van der Waals surface area contributed by atoms with Crippen molar-refractivity contribution in [3.05, 3.63) is 41.7 Å². The maximum atomic E-state index is 12.9. The monoisotopic (exact) mass is 459 g/mol. The van der Waals surface area contributed by atoms with Crippen LogP contribution in [-0.4, -0.2) is 42.0 Å². The summed E-state index contributed by atoms with van der Waals surface area (Å²) in [5.41, 5.74) is 2.17. The second-order valence-electron chi connectivity index (χ2n) is 8.40. The van der Waals surface area contributed by atoms with Crippen LogP contribution in [0, 0.1) is 0 Å². The molecule has 1 aliphatic rings. The van der Waals surface area contributed by atoms with Crippen molar-refractivity contribution < 1.29 is 26.3 Å². The number of ether oxygens (including phenoxy) is 1. The van der Waals surface area contributed by atoms with Crippen molar-refractivity contribution in [1.82, 2.24) is 14.1 Å². The Kier molecular flexibility index (Phi) is 6.71. The van der Waals surface area contributed by atoms with E-state index in [-0.39, 0.29) is 10.9 Å². The van der Waals surface area contributed by atoms with Crippen molar-refractivity contribution in [2.24, 2.45) is 0 Å². The van der Waals surface area contributed by atoms with Crippen molar-refractivity contribution in [3.8, 4) is 5.75 Å². The fourth-order valence-electron chi connectivity index (χ4n) is 3.72. The standard InChI is InChI=1S/C21H28F3N3O3S/c1-14(2)19-13-20(15(3)4)27(25-19)16-9-11-26(12-10-16)31(28,29)18-7-5-17(6-8-18)30-21(22,23)24/h5-8,13-16H,9-12H2,1-4H3. The molecule has 1 aromatic carbocycles. The number of halogens is 3. The zero-order valence-electron chi connectivity index (χ0n) is 18.1. The molecule has 0 N–H and O–H groups in total. The van der Waals surface area contributed by atoms with E-state index < -0.39 is 22.1 Å². The largest absolute Gasteiger partial charge is 0.573 e. The van der Waals surface area contributed by atoms with Crippen LogP contribution in [-0.2, 0) is 10.0 Å². The first-order valence-electron chi connectivity index (χ1n) is 10.3. The molecule has 0 amide bonds. The Bertz CT molecular complexity index is 991. The molecule has 1 saturated heterocycles. The summed E-state index contributed by atoms with van der Waals surface area (Å²) in [4.78, 5) is -0.0514. The molecule has 1 aromatic heterocycles. The van der Waals surface area contributed by atoms with E-state index in [9.17, 15) is 21.6 Å². The molecule has 172 valence electrons. The van der Waals surface area contributed by atoms with E-state index in [0.29, 0.717) is 37.8 Å². The van der Waals surface area contributed by atoms with Gasteiger partial charge in [-0.15, -0.1) is 13.2 Å². The molecule has 0 unspecified atom stereocenters. The van der Waals surface area contributed by atoms with Crippen LogP contribution < -0.4 is 4.74 Å². The van der Waals surface area contributed by atoms with Gasteiger partial charge in [0.15, 0.2) is 0 Å². The van der Waals surface area contributed by atoms with Crippen molar-refractivity contribution >= 4 is 10.0 Å². The van der Waals surface area contributed by atoms with Crippen LogP contribution in [0.4, 0.5) is 13.2 Å². The molecule has 31 heavy (non-hydrogen) atoms. The minimum absolute atomic E-state index is 0.0514. The lowest BCUT2D eigenvalue weighted by Crippen LogP contribution is -2.39. The van der Waals surface area contributed by atoms with Gasteiger partial charge in [-0.3, -0.25) is 4.68 Å². The number of hydrogen-bond donors (Lipinski definition) is 0. The number of alkyl halides is 3. The van der Waals surface area contributed by atoms with Crippen LogP contribution in [0.25, 0.3) is 0 Å². The van der Waals surface area contributed by atoms with Crippen molar-refractivity contribution in [2.75, 3.05) is 13.1 Å². The Morgan fingerprint density at radius 3 is 2.10 bits per heavy atom. The van der Waals surface area contributed by atoms with Crippen molar-refractivity contribution in [3.63, 3.8) is 0 Å². The SMILES string of the molecule is CC(C)c1cc(C(C)C)n(C2CCN(S(=O)(=O)c3ccc(OC(F)(F)F)cc3)CC2)n1. The topological polar surface area (TPSA) is 64.4 Å². The molecular formula is C21H28F3N3O3S. The summed E-state index contributed by atoms with van der Waals surface area (Å²) in [7, 11) is -3.80. The average Bonchev–Trinajstić information content (AvgIpc) is 3.13. The van der Waals surface area contributed by atoms with E-state index in [2.05, 4.69) is 38.5 Å². The quantitative estimate of drug-likeness (QED) is 0.606. The van der Waals surface area contributed by atoms with Gasteiger partial charge >= 0.3 is 6.36 Å². The molecule has 0 atom stereocenters. The summed E-state index contributed by atoms with van der Waals surface area (Å²) in [5, 5.41) is 4.78. The van der Waals surface area contributed by atoms with Gasteiger partial charge in [0, 0.05) is 18.8 Å². The van der Waals surface area contributed by atoms with Gasteiger partial charge in [-0.1, -0.05) is 27.7 Å². The zero-order chi connectivity index (χ0) is 23.0. The summed E-state index contributed by atoms with van der Waals surface area (Å²) in [6.07, 6.45) is -3.58. The minimum atomic E-state index is -4.82. The Labute approximate surface area is 181 Å². The molecule has 0 radical (unpaired) electrons. The second kappa shape index (κ2) is 8.82. The van der Waals surface area contributed by atoms with Crippen LogP contribution in [0.5, 0.6) is 5.75 Å². The van der Waals surface area contributed by atoms with E-state index >= 15 is 0 Å². The fraction of sp³-hybridized carbons (Fsp3) is 0.571. The van der Waals surface area contributed by atoms with E-state index in [1.54, 1.807) is 0 Å². The molecule has 10 heteroatoms. The van der Waals surface area contributed by atoms with Gasteiger partial charge in [0.2, 0.25) is 10.0 Å². The molecule has 1 aliphatic heterocycles. The molecule has 6 nitrogen and oxygen atoms in total. The van der Waals surface area contributed by atoms with Gasteiger partial charge in [0.1, 0.15) is 5.75 Å². The van der Waals surface area contributed by atoms with Crippen molar-refractivity contribution in [2.45, 2.75) is 69.7 Å². The number of piperidine rings is 1. The smallest absolute Gasteiger partial charge is 0.406 e. The minimum Gasteiger partial charge on any atom is -0.406 e. The number of benzene rings is 1. The summed E-state index contributed by atoms with van der Waals surface area (Å²) in [6, 6.07) is 6.55. The highest BCUT2D eigenvalue weighted by Crippen LogP contribution is 2.32. The Hall–Kier alpha value is -2.07. The molecule has 0 bridgehead atoms. The molecule has 0 aliphatic carbocycles. The van der Waals surface area contributed by atoms with Crippen LogP contribution in [0.2, 0.25) is 0 Å². The van der Waals surface area contributed by atoms with E-state index in [1.165, 1.54) is 4.31 Å². The number of hydrogen-bond acceptors (Lipinski definition) is 4. The van der Waals surface area contributed by atoms with Crippen LogP contribution >= 0.6 is 0 Å². The third-order valence-electron chi connectivity index (χ3n) is 5.43. The summed E-state index contributed by atoms with van der Waals surface area (Å²) in [6.45, 7) is 9.06. The lowest BCUT2D eigenvalue weighted by molar-refractivity contribution is -0.274. The Morgan fingerprint density at radius 1 is 1.03 bits per heavy atom. The molecule has 0 saturated carbocycles. The van der Waals surface area contributed by atoms with Gasteiger partial charge in [-0.2, -0.15) is 9.40 Å². The number of aromatic nitrogens is 2.